The van der Waals surface area contributed by atoms with Crippen molar-refractivity contribution < 1.29 is 20.1 Å². The third-order valence-corrected chi connectivity index (χ3v) is 2.60. The minimum Gasteiger partial charge on any atom is -0.504 e. The molecule has 0 heterocycles. The van der Waals surface area contributed by atoms with Gasteiger partial charge in [0.15, 0.2) is 11.5 Å². The molecule has 0 amide bonds. The Hall–Kier alpha value is -1.75. The molecule has 0 saturated heterocycles. The van der Waals surface area contributed by atoms with E-state index in [2.05, 4.69) is 0 Å². The van der Waals surface area contributed by atoms with Gasteiger partial charge in [-0.3, -0.25) is 4.79 Å². The Bertz CT molecular complexity index is 405. The molecular formula is C11H15NO4. The normalized spacial score (nSPS) is 14.4. The number of carbonyl (C=O) groups is 1. The van der Waals surface area contributed by atoms with Crippen molar-refractivity contribution in [1.82, 2.24) is 0 Å². The molecular weight excluding hydrogens is 210 g/mol. The topological polar surface area (TPSA) is 104 Å². The van der Waals surface area contributed by atoms with Gasteiger partial charge in [0.05, 0.1) is 5.41 Å². The van der Waals surface area contributed by atoms with Gasteiger partial charge < -0.3 is 21.1 Å². The largest absolute Gasteiger partial charge is 0.504 e. The fraction of sp³-hybridized carbons (Fsp3) is 0.364. The summed E-state index contributed by atoms with van der Waals surface area (Å²) in [6.45, 7) is 1.54. The second kappa shape index (κ2) is 4.40. The Morgan fingerprint density at radius 1 is 1.38 bits per heavy atom. The Kier molecular flexibility index (Phi) is 3.39. The molecule has 1 aromatic rings. The number of carboxylic acid groups (broad SMARTS) is 1. The van der Waals surface area contributed by atoms with Crippen LogP contribution in [0.2, 0.25) is 0 Å². The van der Waals surface area contributed by atoms with Crippen molar-refractivity contribution in [2.24, 2.45) is 11.1 Å². The van der Waals surface area contributed by atoms with Crippen LogP contribution in [0.5, 0.6) is 11.5 Å². The van der Waals surface area contributed by atoms with Crippen molar-refractivity contribution in [1.29, 1.82) is 0 Å². The number of benzene rings is 1. The first-order valence-electron chi connectivity index (χ1n) is 4.83. The van der Waals surface area contributed by atoms with Crippen molar-refractivity contribution in [3.05, 3.63) is 23.8 Å². The lowest BCUT2D eigenvalue weighted by Gasteiger charge is -2.22. The summed E-state index contributed by atoms with van der Waals surface area (Å²) >= 11 is 0. The lowest BCUT2D eigenvalue weighted by molar-refractivity contribution is -0.147. The van der Waals surface area contributed by atoms with Gasteiger partial charge in [-0.1, -0.05) is 6.07 Å². The molecule has 1 unspecified atom stereocenters. The predicted molar refractivity (Wildman–Crippen MR) is 58.3 cm³/mol. The number of aromatic hydroxyl groups is 2. The number of hydrogen-bond donors (Lipinski definition) is 4. The molecule has 1 aromatic carbocycles. The average molecular weight is 225 g/mol. The highest BCUT2D eigenvalue weighted by Gasteiger charge is 2.31. The molecule has 0 aromatic heterocycles. The molecule has 16 heavy (non-hydrogen) atoms. The van der Waals surface area contributed by atoms with E-state index < -0.39 is 11.4 Å². The van der Waals surface area contributed by atoms with Crippen LogP contribution in [0.4, 0.5) is 0 Å². The third-order valence-electron chi connectivity index (χ3n) is 2.60. The Balaban J connectivity index is 2.95. The van der Waals surface area contributed by atoms with Crippen molar-refractivity contribution in [2.75, 3.05) is 6.54 Å². The second-order valence-corrected chi connectivity index (χ2v) is 4.07. The standard InChI is InChI=1S/C11H15NO4/c1-11(6-12,10(15)16)5-7-2-3-8(13)9(14)4-7/h2-4,13-14H,5-6,12H2,1H3,(H,15,16). The number of phenols is 2. The van der Waals surface area contributed by atoms with Crippen LogP contribution in [0.25, 0.3) is 0 Å². The molecule has 88 valence electrons. The van der Waals surface area contributed by atoms with Gasteiger partial charge in [-0.25, -0.2) is 0 Å². The molecule has 0 radical (unpaired) electrons. The van der Waals surface area contributed by atoms with Crippen LogP contribution in [0.3, 0.4) is 0 Å². The van der Waals surface area contributed by atoms with E-state index in [4.69, 9.17) is 15.9 Å². The molecule has 1 atom stereocenters. The molecule has 0 saturated carbocycles. The van der Waals surface area contributed by atoms with E-state index in [9.17, 15) is 9.90 Å². The van der Waals surface area contributed by atoms with E-state index >= 15 is 0 Å². The molecule has 5 nitrogen and oxygen atoms in total. The van der Waals surface area contributed by atoms with Crippen LogP contribution in [-0.4, -0.2) is 27.8 Å². The van der Waals surface area contributed by atoms with Crippen molar-refractivity contribution in [3.8, 4) is 11.5 Å². The summed E-state index contributed by atoms with van der Waals surface area (Å²) in [5.41, 5.74) is 4.98. The van der Waals surface area contributed by atoms with E-state index in [0.29, 0.717) is 5.56 Å². The Labute approximate surface area is 93.1 Å². The number of nitrogens with two attached hydrogens (primary N) is 1. The van der Waals surface area contributed by atoms with Crippen LogP contribution in [0, 0.1) is 5.41 Å². The summed E-state index contributed by atoms with van der Waals surface area (Å²) in [6, 6.07) is 4.22. The number of hydrogen-bond acceptors (Lipinski definition) is 4. The Morgan fingerprint density at radius 2 is 2.00 bits per heavy atom. The van der Waals surface area contributed by atoms with Crippen LogP contribution in [0.15, 0.2) is 18.2 Å². The summed E-state index contributed by atoms with van der Waals surface area (Å²) in [5, 5.41) is 27.4. The number of aliphatic carboxylic acids is 1. The molecule has 1 rings (SSSR count). The zero-order chi connectivity index (χ0) is 12.3. The maximum absolute atomic E-state index is 11.0. The molecule has 0 spiro atoms. The SMILES string of the molecule is CC(CN)(Cc1ccc(O)c(O)c1)C(=O)O. The van der Waals surface area contributed by atoms with E-state index in [1.807, 2.05) is 0 Å². The van der Waals surface area contributed by atoms with Crippen molar-refractivity contribution in [2.45, 2.75) is 13.3 Å². The van der Waals surface area contributed by atoms with Crippen molar-refractivity contribution in [3.63, 3.8) is 0 Å². The van der Waals surface area contributed by atoms with Crippen LogP contribution in [-0.2, 0) is 11.2 Å². The zero-order valence-corrected chi connectivity index (χ0v) is 8.97. The van der Waals surface area contributed by atoms with E-state index in [0.717, 1.165) is 0 Å². The molecule has 0 aliphatic rings. The molecule has 0 aliphatic heterocycles. The first-order valence-corrected chi connectivity index (χ1v) is 4.83. The maximum Gasteiger partial charge on any atom is 0.310 e. The quantitative estimate of drug-likeness (QED) is 0.564. The Morgan fingerprint density at radius 3 is 2.44 bits per heavy atom. The van der Waals surface area contributed by atoms with Gasteiger partial charge in [0.25, 0.3) is 0 Å². The van der Waals surface area contributed by atoms with Gasteiger partial charge in [-0.15, -0.1) is 0 Å². The summed E-state index contributed by atoms with van der Waals surface area (Å²) in [4.78, 5) is 11.0. The smallest absolute Gasteiger partial charge is 0.310 e. The molecule has 0 aliphatic carbocycles. The summed E-state index contributed by atoms with van der Waals surface area (Å²) < 4.78 is 0. The minimum atomic E-state index is -1.07. The minimum absolute atomic E-state index is 0.00394. The van der Waals surface area contributed by atoms with E-state index in [1.54, 1.807) is 13.0 Å². The first kappa shape index (κ1) is 12.3. The first-order chi connectivity index (χ1) is 7.39. The monoisotopic (exact) mass is 225 g/mol. The fourth-order valence-corrected chi connectivity index (χ4v) is 1.36. The number of carboxylic acids is 1. The summed E-state index contributed by atoms with van der Waals surface area (Å²) in [5.74, 6) is -1.47. The van der Waals surface area contributed by atoms with Crippen LogP contribution >= 0.6 is 0 Å². The van der Waals surface area contributed by atoms with E-state index in [1.165, 1.54) is 12.1 Å². The molecule has 0 fully saturated rings. The van der Waals surface area contributed by atoms with Gasteiger partial charge in [0, 0.05) is 6.54 Å². The molecule has 5 N–H and O–H groups in total. The highest BCUT2D eigenvalue weighted by molar-refractivity contribution is 5.75. The van der Waals surface area contributed by atoms with Gasteiger partial charge in [-0.2, -0.15) is 0 Å². The molecule has 0 bridgehead atoms. The predicted octanol–water partition coefficient (Wildman–Crippen LogP) is 0.690. The third kappa shape index (κ3) is 2.43. The second-order valence-electron chi connectivity index (χ2n) is 4.07. The van der Waals surface area contributed by atoms with Gasteiger partial charge in [0.2, 0.25) is 0 Å². The maximum atomic E-state index is 11.0. The van der Waals surface area contributed by atoms with Gasteiger partial charge >= 0.3 is 5.97 Å². The van der Waals surface area contributed by atoms with Crippen LogP contribution < -0.4 is 5.73 Å². The highest BCUT2D eigenvalue weighted by Crippen LogP contribution is 2.29. The zero-order valence-electron chi connectivity index (χ0n) is 8.97. The number of rotatable bonds is 4. The number of phenolic OH excluding ortho intramolecular Hbond substituents is 2. The lowest BCUT2D eigenvalue weighted by Crippen LogP contribution is -2.37. The van der Waals surface area contributed by atoms with Gasteiger partial charge in [0.1, 0.15) is 0 Å². The summed E-state index contributed by atoms with van der Waals surface area (Å²) in [6.07, 6.45) is 0.201. The van der Waals surface area contributed by atoms with Crippen LogP contribution in [0.1, 0.15) is 12.5 Å². The van der Waals surface area contributed by atoms with E-state index in [-0.39, 0.29) is 24.5 Å². The molecule has 5 heteroatoms. The fourth-order valence-electron chi connectivity index (χ4n) is 1.36. The average Bonchev–Trinajstić information content (AvgIpc) is 2.23. The summed E-state index contributed by atoms with van der Waals surface area (Å²) in [7, 11) is 0. The van der Waals surface area contributed by atoms with Gasteiger partial charge in [-0.05, 0) is 31.0 Å². The highest BCUT2D eigenvalue weighted by atomic mass is 16.4. The lowest BCUT2D eigenvalue weighted by atomic mass is 9.84. The van der Waals surface area contributed by atoms with Crippen molar-refractivity contribution >= 4 is 5.97 Å².